The van der Waals surface area contributed by atoms with Gasteiger partial charge in [-0.1, -0.05) is 30.5 Å². The highest BCUT2D eigenvalue weighted by atomic mass is 16.2. The number of carbonyl (C=O) groups is 2. The van der Waals surface area contributed by atoms with Gasteiger partial charge in [0.15, 0.2) is 0 Å². The Bertz CT molecular complexity index is 606. The van der Waals surface area contributed by atoms with E-state index in [-0.39, 0.29) is 24.4 Å². The highest BCUT2D eigenvalue weighted by Crippen LogP contribution is 2.19. The maximum absolute atomic E-state index is 12.9. The molecule has 2 saturated heterocycles. The predicted octanol–water partition coefficient (Wildman–Crippen LogP) is 2.43. The number of piperazine rings is 1. The topological polar surface area (TPSA) is 43.9 Å². The van der Waals surface area contributed by atoms with Crippen LogP contribution in [0.5, 0.6) is 0 Å². The van der Waals surface area contributed by atoms with Crippen LogP contribution >= 0.6 is 0 Å². The molecule has 1 aromatic rings. The van der Waals surface area contributed by atoms with Crippen LogP contribution in [0.4, 0.5) is 5.69 Å². The van der Waals surface area contributed by atoms with Crippen LogP contribution in [0.25, 0.3) is 0 Å². The van der Waals surface area contributed by atoms with Gasteiger partial charge in [-0.2, -0.15) is 0 Å². The molecule has 136 valence electrons. The largest absolute Gasteiger partial charge is 0.330 e. The lowest BCUT2D eigenvalue weighted by atomic mass is 10.1. The highest BCUT2D eigenvalue weighted by Gasteiger charge is 2.32. The molecule has 25 heavy (non-hydrogen) atoms. The lowest BCUT2D eigenvalue weighted by molar-refractivity contribution is -0.141. The summed E-state index contributed by atoms with van der Waals surface area (Å²) in [5, 5.41) is 0. The average molecular weight is 343 g/mol. The molecule has 1 aromatic carbocycles. The zero-order chi connectivity index (χ0) is 17.8. The summed E-state index contributed by atoms with van der Waals surface area (Å²) in [5.74, 6) is 0.102. The van der Waals surface area contributed by atoms with Gasteiger partial charge in [0, 0.05) is 18.8 Å². The molecule has 0 N–H and O–H groups in total. The van der Waals surface area contributed by atoms with E-state index in [1.807, 2.05) is 38.1 Å². The molecule has 0 saturated carbocycles. The minimum atomic E-state index is -0.128. The first-order valence-corrected chi connectivity index (χ1v) is 9.46. The Balaban J connectivity index is 1.60. The average Bonchev–Trinajstić information content (AvgIpc) is 2.91. The standard InChI is InChI=1S/C20H29N3O2/c1-16-7-9-18(10-8-16)23-14-13-22(15-19(23)24)20(25)17(2)21-11-5-3-4-6-12-21/h7-10,17H,3-6,11-15H2,1-2H3. The lowest BCUT2D eigenvalue weighted by Crippen LogP contribution is -2.56. The van der Waals surface area contributed by atoms with Gasteiger partial charge < -0.3 is 9.80 Å². The Labute approximate surface area is 150 Å². The van der Waals surface area contributed by atoms with E-state index in [4.69, 9.17) is 0 Å². The molecule has 0 aromatic heterocycles. The summed E-state index contributed by atoms with van der Waals surface area (Å²) >= 11 is 0. The second kappa shape index (κ2) is 8.00. The first kappa shape index (κ1) is 17.9. The van der Waals surface area contributed by atoms with E-state index >= 15 is 0 Å². The normalized spacial score (nSPS) is 21.1. The summed E-state index contributed by atoms with van der Waals surface area (Å²) in [6.45, 7) is 7.37. The third-order valence-electron chi connectivity index (χ3n) is 5.42. The number of carbonyl (C=O) groups excluding carboxylic acids is 2. The maximum atomic E-state index is 12.9. The van der Waals surface area contributed by atoms with Crippen molar-refractivity contribution in [2.75, 3.05) is 37.6 Å². The number of anilines is 1. The van der Waals surface area contributed by atoms with Crippen molar-refractivity contribution >= 4 is 17.5 Å². The Hall–Kier alpha value is -1.88. The van der Waals surface area contributed by atoms with Gasteiger partial charge >= 0.3 is 0 Å². The van der Waals surface area contributed by atoms with Crippen molar-refractivity contribution in [2.45, 2.75) is 45.6 Å². The number of hydrogen-bond donors (Lipinski definition) is 0. The minimum absolute atomic E-state index is 0.00604. The van der Waals surface area contributed by atoms with E-state index in [1.165, 1.54) is 18.4 Å². The van der Waals surface area contributed by atoms with Crippen LogP contribution in [0.3, 0.4) is 0 Å². The van der Waals surface area contributed by atoms with E-state index in [0.29, 0.717) is 13.1 Å². The van der Waals surface area contributed by atoms with E-state index in [1.54, 1.807) is 9.80 Å². The molecule has 0 spiro atoms. The van der Waals surface area contributed by atoms with Gasteiger partial charge in [-0.25, -0.2) is 0 Å². The molecule has 2 heterocycles. The fraction of sp³-hybridized carbons (Fsp3) is 0.600. The number of nitrogens with zero attached hydrogens (tertiary/aromatic N) is 3. The van der Waals surface area contributed by atoms with E-state index in [2.05, 4.69) is 4.90 Å². The first-order valence-electron chi connectivity index (χ1n) is 9.46. The summed E-state index contributed by atoms with van der Waals surface area (Å²) in [7, 11) is 0. The Morgan fingerprint density at radius 1 is 0.960 bits per heavy atom. The molecule has 0 aliphatic carbocycles. The maximum Gasteiger partial charge on any atom is 0.246 e. The monoisotopic (exact) mass is 343 g/mol. The van der Waals surface area contributed by atoms with Gasteiger partial charge in [0.2, 0.25) is 11.8 Å². The summed E-state index contributed by atoms with van der Waals surface area (Å²) in [6.07, 6.45) is 4.84. The molecule has 0 radical (unpaired) electrons. The van der Waals surface area contributed by atoms with Crippen molar-refractivity contribution in [3.8, 4) is 0 Å². The smallest absolute Gasteiger partial charge is 0.246 e. The fourth-order valence-corrected chi connectivity index (χ4v) is 3.76. The summed E-state index contributed by atoms with van der Waals surface area (Å²) in [4.78, 5) is 31.2. The molecule has 1 atom stereocenters. The van der Waals surface area contributed by atoms with Crippen LogP contribution < -0.4 is 4.90 Å². The summed E-state index contributed by atoms with van der Waals surface area (Å²) < 4.78 is 0. The molecule has 1 unspecified atom stereocenters. The van der Waals surface area contributed by atoms with Gasteiger partial charge in [-0.3, -0.25) is 14.5 Å². The lowest BCUT2D eigenvalue weighted by Gasteiger charge is -2.37. The van der Waals surface area contributed by atoms with Crippen LogP contribution in [0, 0.1) is 6.92 Å². The number of benzene rings is 1. The quantitative estimate of drug-likeness (QED) is 0.847. The fourth-order valence-electron chi connectivity index (χ4n) is 3.76. The van der Waals surface area contributed by atoms with Gasteiger partial charge in [-0.05, 0) is 51.9 Å². The first-order chi connectivity index (χ1) is 12.1. The Morgan fingerprint density at radius 2 is 1.60 bits per heavy atom. The van der Waals surface area contributed by atoms with Crippen molar-refractivity contribution in [1.82, 2.24) is 9.80 Å². The van der Waals surface area contributed by atoms with Crippen LogP contribution in [0.15, 0.2) is 24.3 Å². The number of rotatable bonds is 3. The SMILES string of the molecule is Cc1ccc(N2CCN(C(=O)C(C)N3CCCCCC3)CC2=O)cc1. The molecule has 5 nitrogen and oxygen atoms in total. The molecule has 0 bridgehead atoms. The highest BCUT2D eigenvalue weighted by molar-refractivity contribution is 5.98. The number of amides is 2. The molecule has 2 amide bonds. The third-order valence-corrected chi connectivity index (χ3v) is 5.42. The van der Waals surface area contributed by atoms with Crippen LogP contribution in [0.1, 0.15) is 38.2 Å². The van der Waals surface area contributed by atoms with Crippen LogP contribution in [-0.4, -0.2) is 60.4 Å². The zero-order valence-electron chi connectivity index (χ0n) is 15.4. The van der Waals surface area contributed by atoms with Gasteiger partial charge in [0.1, 0.15) is 6.54 Å². The molecule has 2 aliphatic rings. The molecule has 3 rings (SSSR count). The van der Waals surface area contributed by atoms with Crippen molar-refractivity contribution in [3.05, 3.63) is 29.8 Å². The van der Waals surface area contributed by atoms with Crippen molar-refractivity contribution < 1.29 is 9.59 Å². The number of hydrogen-bond acceptors (Lipinski definition) is 3. The molecule has 5 heteroatoms. The second-order valence-corrected chi connectivity index (χ2v) is 7.27. The Morgan fingerprint density at radius 3 is 2.20 bits per heavy atom. The number of aryl methyl sites for hydroxylation is 1. The third kappa shape index (κ3) is 4.21. The van der Waals surface area contributed by atoms with Gasteiger partial charge in [-0.15, -0.1) is 0 Å². The van der Waals surface area contributed by atoms with Crippen molar-refractivity contribution in [1.29, 1.82) is 0 Å². The molecule has 2 fully saturated rings. The van der Waals surface area contributed by atoms with Gasteiger partial charge in [0.25, 0.3) is 0 Å². The van der Waals surface area contributed by atoms with Crippen LogP contribution in [-0.2, 0) is 9.59 Å². The molecular weight excluding hydrogens is 314 g/mol. The Kier molecular flexibility index (Phi) is 5.74. The minimum Gasteiger partial charge on any atom is -0.330 e. The predicted molar refractivity (Wildman–Crippen MR) is 99.6 cm³/mol. The molecular formula is C20H29N3O2. The van der Waals surface area contributed by atoms with Crippen molar-refractivity contribution in [3.63, 3.8) is 0 Å². The summed E-state index contributed by atoms with van der Waals surface area (Å²) in [5.41, 5.74) is 2.10. The number of likely N-dealkylation sites (tertiary alicyclic amines) is 1. The van der Waals surface area contributed by atoms with Gasteiger partial charge in [0.05, 0.1) is 6.04 Å². The molecule has 2 aliphatic heterocycles. The van der Waals surface area contributed by atoms with Crippen LogP contribution in [0.2, 0.25) is 0 Å². The van der Waals surface area contributed by atoms with E-state index in [0.717, 1.165) is 31.6 Å². The van der Waals surface area contributed by atoms with E-state index < -0.39 is 0 Å². The van der Waals surface area contributed by atoms with E-state index in [9.17, 15) is 9.59 Å². The summed E-state index contributed by atoms with van der Waals surface area (Å²) in [6, 6.07) is 7.86. The second-order valence-electron chi connectivity index (χ2n) is 7.27. The zero-order valence-corrected chi connectivity index (χ0v) is 15.4. The van der Waals surface area contributed by atoms with Crippen molar-refractivity contribution in [2.24, 2.45) is 0 Å².